The third kappa shape index (κ3) is 2.66. The standard InChI is InChI=1S/C14H26N2S/c1-11-9-12(10-17-11)16-8-3-2-6-14(16)13-5-4-7-15-13/h11-15H,2-10H2,1H3. The van der Waals surface area contributed by atoms with E-state index in [0.717, 1.165) is 23.4 Å². The van der Waals surface area contributed by atoms with Gasteiger partial charge < -0.3 is 5.32 Å². The summed E-state index contributed by atoms with van der Waals surface area (Å²) in [6.45, 7) is 5.02. The highest BCUT2D eigenvalue weighted by Gasteiger charge is 2.37. The molecule has 4 unspecified atom stereocenters. The highest BCUT2D eigenvalue weighted by atomic mass is 32.2. The highest BCUT2D eigenvalue weighted by molar-refractivity contribution is 8.00. The van der Waals surface area contributed by atoms with Crippen molar-refractivity contribution in [2.45, 2.75) is 68.8 Å². The lowest BCUT2D eigenvalue weighted by Gasteiger charge is -2.42. The van der Waals surface area contributed by atoms with Crippen LogP contribution in [0, 0.1) is 0 Å². The van der Waals surface area contributed by atoms with Crippen molar-refractivity contribution in [3.63, 3.8) is 0 Å². The SMILES string of the molecule is CC1CC(N2CCCCC2C2CCCN2)CS1. The van der Waals surface area contributed by atoms with Gasteiger partial charge in [0.2, 0.25) is 0 Å². The zero-order chi connectivity index (χ0) is 11.7. The Morgan fingerprint density at radius 1 is 1.18 bits per heavy atom. The van der Waals surface area contributed by atoms with Gasteiger partial charge in [0.1, 0.15) is 0 Å². The number of rotatable bonds is 2. The van der Waals surface area contributed by atoms with Crippen molar-refractivity contribution in [1.29, 1.82) is 0 Å². The molecule has 1 N–H and O–H groups in total. The normalized spacial score (nSPS) is 44.3. The summed E-state index contributed by atoms with van der Waals surface area (Å²) in [4.78, 5) is 2.88. The summed E-state index contributed by atoms with van der Waals surface area (Å²) in [6, 6.07) is 2.53. The molecule has 3 fully saturated rings. The zero-order valence-electron chi connectivity index (χ0n) is 11.0. The molecule has 0 spiro atoms. The van der Waals surface area contributed by atoms with Crippen molar-refractivity contribution in [1.82, 2.24) is 10.2 Å². The van der Waals surface area contributed by atoms with Gasteiger partial charge in [0.05, 0.1) is 0 Å². The smallest absolute Gasteiger partial charge is 0.0252 e. The molecule has 3 aliphatic rings. The fourth-order valence-electron chi connectivity index (χ4n) is 3.93. The van der Waals surface area contributed by atoms with Gasteiger partial charge in [-0.25, -0.2) is 0 Å². The molecule has 98 valence electrons. The van der Waals surface area contributed by atoms with Crippen LogP contribution in [0.2, 0.25) is 0 Å². The molecule has 3 heteroatoms. The van der Waals surface area contributed by atoms with Gasteiger partial charge >= 0.3 is 0 Å². The number of piperidine rings is 1. The van der Waals surface area contributed by atoms with Crippen molar-refractivity contribution in [3.05, 3.63) is 0 Å². The maximum atomic E-state index is 3.74. The van der Waals surface area contributed by atoms with Gasteiger partial charge in [-0.3, -0.25) is 4.90 Å². The second kappa shape index (κ2) is 5.50. The van der Waals surface area contributed by atoms with E-state index in [0.29, 0.717) is 0 Å². The summed E-state index contributed by atoms with van der Waals surface area (Å²) in [7, 11) is 0. The summed E-state index contributed by atoms with van der Waals surface area (Å²) in [5, 5.41) is 4.63. The Bertz CT molecular complexity index is 253. The van der Waals surface area contributed by atoms with Crippen LogP contribution in [0.5, 0.6) is 0 Å². The van der Waals surface area contributed by atoms with Crippen molar-refractivity contribution < 1.29 is 0 Å². The molecule has 0 bridgehead atoms. The molecule has 3 heterocycles. The molecule has 17 heavy (non-hydrogen) atoms. The minimum atomic E-state index is 0.802. The van der Waals surface area contributed by atoms with Crippen molar-refractivity contribution >= 4 is 11.8 Å². The van der Waals surface area contributed by atoms with E-state index in [2.05, 4.69) is 28.9 Å². The average Bonchev–Trinajstić information content (AvgIpc) is 3.00. The first-order valence-electron chi connectivity index (χ1n) is 7.45. The van der Waals surface area contributed by atoms with Crippen LogP contribution in [0.25, 0.3) is 0 Å². The summed E-state index contributed by atoms with van der Waals surface area (Å²) in [6.07, 6.45) is 8.55. The first-order valence-corrected chi connectivity index (χ1v) is 8.50. The van der Waals surface area contributed by atoms with E-state index in [1.807, 2.05) is 0 Å². The van der Waals surface area contributed by atoms with Crippen LogP contribution >= 0.6 is 11.8 Å². The molecular weight excluding hydrogens is 228 g/mol. The second-order valence-electron chi connectivity index (χ2n) is 6.04. The maximum absolute atomic E-state index is 3.74. The lowest BCUT2D eigenvalue weighted by Crippen LogP contribution is -2.54. The Morgan fingerprint density at radius 3 is 2.82 bits per heavy atom. The first kappa shape index (κ1) is 12.3. The van der Waals surface area contributed by atoms with Crippen LogP contribution < -0.4 is 5.32 Å². The van der Waals surface area contributed by atoms with E-state index < -0.39 is 0 Å². The van der Waals surface area contributed by atoms with E-state index in [1.54, 1.807) is 0 Å². The predicted molar refractivity (Wildman–Crippen MR) is 75.7 cm³/mol. The largest absolute Gasteiger partial charge is 0.312 e. The van der Waals surface area contributed by atoms with Gasteiger partial charge in [0, 0.05) is 29.1 Å². The van der Waals surface area contributed by atoms with Gasteiger partial charge in [-0.2, -0.15) is 11.8 Å². The van der Waals surface area contributed by atoms with Crippen LogP contribution in [0.3, 0.4) is 0 Å². The quantitative estimate of drug-likeness (QED) is 0.815. The molecule has 0 amide bonds. The Labute approximate surface area is 110 Å². The van der Waals surface area contributed by atoms with Crippen molar-refractivity contribution in [2.24, 2.45) is 0 Å². The predicted octanol–water partition coefficient (Wildman–Crippen LogP) is 2.49. The van der Waals surface area contributed by atoms with E-state index in [9.17, 15) is 0 Å². The fraction of sp³-hybridized carbons (Fsp3) is 1.00. The van der Waals surface area contributed by atoms with Crippen LogP contribution in [0.1, 0.15) is 45.4 Å². The Hall–Kier alpha value is 0.270. The molecule has 3 rings (SSSR count). The molecule has 3 aliphatic heterocycles. The first-order chi connectivity index (χ1) is 8.34. The highest BCUT2D eigenvalue weighted by Crippen LogP contribution is 2.34. The molecule has 0 aliphatic carbocycles. The summed E-state index contributed by atoms with van der Waals surface area (Å²) in [5.41, 5.74) is 0. The monoisotopic (exact) mass is 254 g/mol. The van der Waals surface area contributed by atoms with Gasteiger partial charge in [-0.1, -0.05) is 13.3 Å². The lowest BCUT2D eigenvalue weighted by atomic mass is 9.92. The Kier molecular flexibility index (Phi) is 3.98. The molecule has 0 aromatic heterocycles. The van der Waals surface area contributed by atoms with E-state index in [1.165, 1.54) is 57.4 Å². The van der Waals surface area contributed by atoms with Crippen LogP contribution in [0.4, 0.5) is 0 Å². The number of hydrogen-bond acceptors (Lipinski definition) is 3. The topological polar surface area (TPSA) is 15.3 Å². The minimum Gasteiger partial charge on any atom is -0.312 e. The molecule has 0 aromatic carbocycles. The van der Waals surface area contributed by atoms with Crippen LogP contribution in [0.15, 0.2) is 0 Å². The van der Waals surface area contributed by atoms with Gasteiger partial charge in [0.15, 0.2) is 0 Å². The molecule has 0 radical (unpaired) electrons. The van der Waals surface area contributed by atoms with Gasteiger partial charge in [-0.15, -0.1) is 0 Å². The minimum absolute atomic E-state index is 0.802. The number of nitrogens with zero attached hydrogens (tertiary/aromatic N) is 1. The number of hydrogen-bond donors (Lipinski definition) is 1. The molecule has 0 saturated carbocycles. The lowest BCUT2D eigenvalue weighted by molar-refractivity contribution is 0.0817. The Morgan fingerprint density at radius 2 is 2.12 bits per heavy atom. The van der Waals surface area contributed by atoms with Crippen molar-refractivity contribution in [3.8, 4) is 0 Å². The molecular formula is C14H26N2S. The Balaban J connectivity index is 1.66. The maximum Gasteiger partial charge on any atom is 0.0252 e. The summed E-state index contributed by atoms with van der Waals surface area (Å²) in [5.74, 6) is 1.38. The average molecular weight is 254 g/mol. The van der Waals surface area contributed by atoms with E-state index in [-0.39, 0.29) is 0 Å². The van der Waals surface area contributed by atoms with Crippen molar-refractivity contribution in [2.75, 3.05) is 18.8 Å². The number of thioether (sulfide) groups is 1. The second-order valence-corrected chi connectivity index (χ2v) is 7.51. The van der Waals surface area contributed by atoms with Crippen LogP contribution in [-0.2, 0) is 0 Å². The van der Waals surface area contributed by atoms with E-state index in [4.69, 9.17) is 0 Å². The fourth-order valence-corrected chi connectivity index (χ4v) is 5.17. The number of nitrogens with one attached hydrogen (secondary N) is 1. The molecule has 2 nitrogen and oxygen atoms in total. The van der Waals surface area contributed by atoms with Crippen LogP contribution in [-0.4, -0.2) is 47.1 Å². The summed E-state index contributed by atoms with van der Waals surface area (Å²) < 4.78 is 0. The third-order valence-corrected chi connectivity index (χ3v) is 6.14. The van der Waals surface area contributed by atoms with Gasteiger partial charge in [-0.05, 0) is 45.2 Å². The zero-order valence-corrected chi connectivity index (χ0v) is 11.8. The third-order valence-electron chi connectivity index (χ3n) is 4.80. The molecule has 4 atom stereocenters. The molecule has 3 saturated heterocycles. The molecule has 0 aromatic rings. The van der Waals surface area contributed by atoms with E-state index >= 15 is 0 Å². The number of likely N-dealkylation sites (tertiary alicyclic amines) is 1. The summed E-state index contributed by atoms with van der Waals surface area (Å²) >= 11 is 2.18. The van der Waals surface area contributed by atoms with Gasteiger partial charge in [0.25, 0.3) is 0 Å².